The molecule has 0 aromatic heterocycles. The first kappa shape index (κ1) is 20.1. The lowest BCUT2D eigenvalue weighted by atomic mass is 10.1. The molecule has 2 N–H and O–H groups in total. The van der Waals surface area contributed by atoms with E-state index in [1.807, 2.05) is 42.5 Å². The molecule has 2 rings (SSSR count). The normalized spacial score (nSPS) is 10.4. The first-order chi connectivity index (χ1) is 12.6. The molecule has 1 amide bonds. The van der Waals surface area contributed by atoms with Crippen LogP contribution >= 0.6 is 11.6 Å². The highest BCUT2D eigenvalue weighted by Gasteiger charge is 2.05. The van der Waals surface area contributed by atoms with Crippen molar-refractivity contribution in [2.75, 3.05) is 27.3 Å². The zero-order chi connectivity index (χ0) is 18.8. The molecule has 0 bridgehead atoms. The van der Waals surface area contributed by atoms with Gasteiger partial charge in [0.1, 0.15) is 0 Å². The number of methoxy groups -OCH3 is 2. The number of carbonyl (C=O) groups is 1. The fraction of sp³-hybridized carbons (Fsp3) is 0.350. The molecule has 6 heteroatoms. The highest BCUT2D eigenvalue weighted by atomic mass is 35.5. The summed E-state index contributed by atoms with van der Waals surface area (Å²) in [5, 5.41) is 6.88. The maximum atomic E-state index is 11.9. The standard InChI is InChI=1S/C20H25ClN2O3/c1-25-18-8-5-15(13-19(18)26-2)9-11-22-12-10-20(24)23-14-16-3-6-17(21)7-4-16/h3-8,13,22H,9-12,14H2,1-2H3,(H,23,24). The Morgan fingerprint density at radius 2 is 1.65 bits per heavy atom. The Morgan fingerprint density at radius 1 is 0.962 bits per heavy atom. The van der Waals surface area contributed by atoms with Crippen LogP contribution in [0, 0.1) is 0 Å². The van der Waals surface area contributed by atoms with Crippen LogP contribution in [0.4, 0.5) is 0 Å². The van der Waals surface area contributed by atoms with Crippen LogP contribution in [0.25, 0.3) is 0 Å². The lowest BCUT2D eigenvalue weighted by Crippen LogP contribution is -2.28. The quantitative estimate of drug-likeness (QED) is 0.625. The van der Waals surface area contributed by atoms with Gasteiger partial charge in [-0.05, 0) is 48.4 Å². The van der Waals surface area contributed by atoms with Gasteiger partial charge in [0.05, 0.1) is 14.2 Å². The molecular formula is C20H25ClN2O3. The van der Waals surface area contributed by atoms with Crippen LogP contribution in [-0.4, -0.2) is 33.2 Å². The third kappa shape index (κ3) is 6.58. The Labute approximate surface area is 159 Å². The lowest BCUT2D eigenvalue weighted by molar-refractivity contribution is -0.121. The van der Waals surface area contributed by atoms with Crippen LogP contribution in [0.5, 0.6) is 11.5 Å². The number of hydrogen-bond acceptors (Lipinski definition) is 4. The van der Waals surface area contributed by atoms with Crippen molar-refractivity contribution in [3.8, 4) is 11.5 Å². The highest BCUT2D eigenvalue weighted by Crippen LogP contribution is 2.27. The van der Waals surface area contributed by atoms with E-state index in [9.17, 15) is 4.79 Å². The summed E-state index contributed by atoms with van der Waals surface area (Å²) >= 11 is 5.84. The van der Waals surface area contributed by atoms with E-state index in [1.54, 1.807) is 14.2 Å². The minimum atomic E-state index is 0.0265. The number of amides is 1. The van der Waals surface area contributed by atoms with E-state index in [0.29, 0.717) is 24.5 Å². The van der Waals surface area contributed by atoms with Gasteiger partial charge in [0.25, 0.3) is 0 Å². The van der Waals surface area contributed by atoms with Gasteiger partial charge in [0.2, 0.25) is 5.91 Å². The number of hydrogen-bond donors (Lipinski definition) is 2. The van der Waals surface area contributed by atoms with Crippen molar-refractivity contribution < 1.29 is 14.3 Å². The van der Waals surface area contributed by atoms with Gasteiger partial charge in [0, 0.05) is 24.5 Å². The summed E-state index contributed by atoms with van der Waals surface area (Å²) in [6, 6.07) is 13.3. The molecule has 0 radical (unpaired) electrons. The van der Waals surface area contributed by atoms with E-state index in [1.165, 1.54) is 0 Å². The van der Waals surface area contributed by atoms with Crippen molar-refractivity contribution in [1.82, 2.24) is 10.6 Å². The van der Waals surface area contributed by atoms with Gasteiger partial charge in [-0.2, -0.15) is 0 Å². The van der Waals surface area contributed by atoms with Crippen LogP contribution in [0.1, 0.15) is 17.5 Å². The number of carbonyl (C=O) groups excluding carboxylic acids is 1. The van der Waals surface area contributed by atoms with E-state index in [4.69, 9.17) is 21.1 Å². The summed E-state index contributed by atoms with van der Waals surface area (Å²) in [4.78, 5) is 11.9. The van der Waals surface area contributed by atoms with Crippen molar-refractivity contribution in [1.29, 1.82) is 0 Å². The molecule has 0 aliphatic heterocycles. The summed E-state index contributed by atoms with van der Waals surface area (Å²) in [6.07, 6.45) is 1.30. The average molecular weight is 377 g/mol. The molecule has 0 aliphatic rings. The predicted octanol–water partition coefficient (Wildman–Crippen LogP) is 3.20. The monoisotopic (exact) mass is 376 g/mol. The topological polar surface area (TPSA) is 59.6 Å². The Morgan fingerprint density at radius 3 is 2.35 bits per heavy atom. The van der Waals surface area contributed by atoms with Gasteiger partial charge in [0.15, 0.2) is 11.5 Å². The number of ether oxygens (including phenoxy) is 2. The van der Waals surface area contributed by atoms with E-state index >= 15 is 0 Å². The minimum absolute atomic E-state index is 0.0265. The smallest absolute Gasteiger partial charge is 0.221 e. The molecule has 0 fully saturated rings. The van der Waals surface area contributed by atoms with E-state index in [0.717, 1.165) is 35.6 Å². The first-order valence-corrected chi connectivity index (χ1v) is 8.93. The summed E-state index contributed by atoms with van der Waals surface area (Å²) in [6.45, 7) is 1.95. The molecule has 2 aromatic rings. The van der Waals surface area contributed by atoms with E-state index in [2.05, 4.69) is 10.6 Å². The lowest BCUT2D eigenvalue weighted by Gasteiger charge is -2.10. The summed E-state index contributed by atoms with van der Waals surface area (Å²) in [5.41, 5.74) is 2.19. The molecule has 0 spiro atoms. The van der Waals surface area contributed by atoms with Crippen LogP contribution in [0.3, 0.4) is 0 Å². The molecule has 0 heterocycles. The van der Waals surface area contributed by atoms with E-state index in [-0.39, 0.29) is 5.91 Å². The maximum Gasteiger partial charge on any atom is 0.221 e. The second-order valence-electron chi connectivity index (χ2n) is 5.84. The fourth-order valence-electron chi connectivity index (χ4n) is 2.49. The molecule has 2 aromatic carbocycles. The Hall–Kier alpha value is -2.24. The van der Waals surface area contributed by atoms with Crippen molar-refractivity contribution in [2.45, 2.75) is 19.4 Å². The van der Waals surface area contributed by atoms with Gasteiger partial charge in [-0.1, -0.05) is 29.8 Å². The molecule has 0 unspecified atom stereocenters. The number of halogens is 1. The number of rotatable bonds is 10. The van der Waals surface area contributed by atoms with Gasteiger partial charge in [-0.15, -0.1) is 0 Å². The summed E-state index contributed by atoms with van der Waals surface area (Å²) in [7, 11) is 3.25. The fourth-order valence-corrected chi connectivity index (χ4v) is 2.61. The molecule has 0 saturated carbocycles. The molecule has 5 nitrogen and oxygen atoms in total. The molecule has 140 valence electrons. The van der Waals surface area contributed by atoms with Crippen LogP contribution in [0.2, 0.25) is 5.02 Å². The SMILES string of the molecule is COc1ccc(CCNCCC(=O)NCc2ccc(Cl)cc2)cc1OC. The third-order valence-electron chi connectivity index (χ3n) is 3.97. The van der Waals surface area contributed by atoms with Crippen molar-refractivity contribution >= 4 is 17.5 Å². The van der Waals surface area contributed by atoms with Gasteiger partial charge < -0.3 is 20.1 Å². The van der Waals surface area contributed by atoms with Crippen LogP contribution < -0.4 is 20.1 Å². The molecular weight excluding hydrogens is 352 g/mol. The second-order valence-corrected chi connectivity index (χ2v) is 6.28. The molecule has 26 heavy (non-hydrogen) atoms. The minimum Gasteiger partial charge on any atom is -0.493 e. The average Bonchev–Trinajstić information content (AvgIpc) is 2.67. The Kier molecular flexibility index (Phi) is 8.25. The number of benzene rings is 2. The predicted molar refractivity (Wildman–Crippen MR) is 104 cm³/mol. The first-order valence-electron chi connectivity index (χ1n) is 8.55. The van der Waals surface area contributed by atoms with Crippen molar-refractivity contribution in [2.24, 2.45) is 0 Å². The van der Waals surface area contributed by atoms with Crippen molar-refractivity contribution in [3.05, 3.63) is 58.6 Å². The number of nitrogens with one attached hydrogen (secondary N) is 2. The highest BCUT2D eigenvalue weighted by molar-refractivity contribution is 6.30. The van der Waals surface area contributed by atoms with E-state index < -0.39 is 0 Å². The zero-order valence-electron chi connectivity index (χ0n) is 15.2. The molecule has 0 aliphatic carbocycles. The van der Waals surface area contributed by atoms with Crippen LogP contribution in [-0.2, 0) is 17.8 Å². The largest absolute Gasteiger partial charge is 0.493 e. The van der Waals surface area contributed by atoms with Gasteiger partial charge in [-0.3, -0.25) is 4.79 Å². The van der Waals surface area contributed by atoms with Crippen molar-refractivity contribution in [3.63, 3.8) is 0 Å². The maximum absolute atomic E-state index is 11.9. The molecule has 0 saturated heterocycles. The Bertz CT molecular complexity index is 705. The second kappa shape index (κ2) is 10.7. The van der Waals surface area contributed by atoms with Crippen LogP contribution in [0.15, 0.2) is 42.5 Å². The third-order valence-corrected chi connectivity index (χ3v) is 4.22. The molecule has 0 atom stereocenters. The summed E-state index contributed by atoms with van der Waals surface area (Å²) < 4.78 is 10.5. The Balaban J connectivity index is 1.62. The van der Waals surface area contributed by atoms with Gasteiger partial charge >= 0.3 is 0 Å². The zero-order valence-corrected chi connectivity index (χ0v) is 15.9. The van der Waals surface area contributed by atoms with Gasteiger partial charge in [-0.25, -0.2) is 0 Å². The summed E-state index contributed by atoms with van der Waals surface area (Å²) in [5.74, 6) is 1.48.